The van der Waals surface area contributed by atoms with Gasteiger partial charge in [0.1, 0.15) is 0 Å². The minimum atomic E-state index is 0.581. The lowest BCUT2D eigenvalue weighted by Gasteiger charge is -2.37. The van der Waals surface area contributed by atoms with Crippen LogP contribution in [0.3, 0.4) is 0 Å². The summed E-state index contributed by atoms with van der Waals surface area (Å²) in [5.74, 6) is 1.71. The third kappa shape index (κ3) is 4.15. The van der Waals surface area contributed by atoms with Gasteiger partial charge in [0, 0.05) is 0 Å². The van der Waals surface area contributed by atoms with Gasteiger partial charge < -0.3 is 0 Å². The van der Waals surface area contributed by atoms with Crippen molar-refractivity contribution in [2.75, 3.05) is 0 Å². The van der Waals surface area contributed by atoms with E-state index in [-0.39, 0.29) is 0 Å². The number of hydrogen-bond donors (Lipinski definition) is 0. The van der Waals surface area contributed by atoms with E-state index >= 15 is 0 Å². The Labute approximate surface area is 85.1 Å². The molecule has 0 amide bonds. The Balaban J connectivity index is 4.32. The average Bonchev–Trinajstić information content (AvgIpc) is 2.02. The Morgan fingerprint density at radius 2 is 1.62 bits per heavy atom. The first-order valence-electron chi connectivity index (χ1n) is 5.96. The second kappa shape index (κ2) is 5.67. The van der Waals surface area contributed by atoms with E-state index in [9.17, 15) is 0 Å². The van der Waals surface area contributed by atoms with Gasteiger partial charge in [-0.05, 0) is 30.1 Å². The first-order valence-corrected chi connectivity index (χ1v) is 5.96. The highest BCUT2D eigenvalue weighted by molar-refractivity contribution is 4.80. The molecule has 2 unspecified atom stereocenters. The van der Waals surface area contributed by atoms with Crippen LogP contribution in [0.4, 0.5) is 0 Å². The molecule has 0 aromatic heterocycles. The van der Waals surface area contributed by atoms with Gasteiger partial charge in [-0.2, -0.15) is 0 Å². The molecule has 0 bridgehead atoms. The predicted molar refractivity (Wildman–Crippen MR) is 61.9 cm³/mol. The van der Waals surface area contributed by atoms with E-state index in [0.29, 0.717) is 5.41 Å². The van der Waals surface area contributed by atoms with E-state index in [2.05, 4.69) is 41.5 Å². The van der Waals surface area contributed by atoms with E-state index in [0.717, 1.165) is 11.8 Å². The Morgan fingerprint density at radius 1 is 1.08 bits per heavy atom. The molecule has 2 atom stereocenters. The molecule has 0 fully saturated rings. The highest BCUT2D eigenvalue weighted by atomic mass is 14.3. The largest absolute Gasteiger partial charge is 0.0654 e. The topological polar surface area (TPSA) is 0 Å². The molecule has 0 N–H and O–H groups in total. The molecule has 0 rings (SSSR count). The second-order valence-corrected chi connectivity index (χ2v) is 5.31. The molecule has 0 radical (unpaired) electrons. The van der Waals surface area contributed by atoms with Gasteiger partial charge in [0.15, 0.2) is 0 Å². The van der Waals surface area contributed by atoms with Gasteiger partial charge in [-0.15, -0.1) is 0 Å². The lowest BCUT2D eigenvalue weighted by Crippen LogP contribution is -2.26. The fraction of sp³-hybridized carbons (Fsp3) is 1.00. The van der Waals surface area contributed by atoms with E-state index in [1.54, 1.807) is 0 Å². The summed E-state index contributed by atoms with van der Waals surface area (Å²) in [6, 6.07) is 0. The number of rotatable bonds is 6. The van der Waals surface area contributed by atoms with Crippen LogP contribution in [-0.2, 0) is 0 Å². The fourth-order valence-electron chi connectivity index (χ4n) is 2.55. The molecular weight excluding hydrogens is 156 g/mol. The zero-order valence-corrected chi connectivity index (χ0v) is 10.5. The van der Waals surface area contributed by atoms with Crippen molar-refractivity contribution < 1.29 is 0 Å². The summed E-state index contributed by atoms with van der Waals surface area (Å²) in [6.45, 7) is 14.2. The first-order chi connectivity index (χ1) is 5.96. The second-order valence-electron chi connectivity index (χ2n) is 5.31. The highest BCUT2D eigenvalue weighted by Crippen LogP contribution is 2.40. The molecule has 0 aliphatic rings. The molecule has 0 aliphatic carbocycles. The monoisotopic (exact) mass is 184 g/mol. The van der Waals surface area contributed by atoms with Crippen LogP contribution in [0.2, 0.25) is 0 Å². The normalized spacial score (nSPS) is 18.7. The van der Waals surface area contributed by atoms with Crippen molar-refractivity contribution >= 4 is 0 Å². The van der Waals surface area contributed by atoms with Crippen molar-refractivity contribution in [1.82, 2.24) is 0 Å². The Bertz CT molecular complexity index is 126. The smallest absolute Gasteiger partial charge is 0.0298 e. The highest BCUT2D eigenvalue weighted by Gasteiger charge is 2.29. The van der Waals surface area contributed by atoms with Crippen molar-refractivity contribution in [3.63, 3.8) is 0 Å². The summed E-state index contributed by atoms with van der Waals surface area (Å²) in [5.41, 5.74) is 0.581. The van der Waals surface area contributed by atoms with Gasteiger partial charge in [-0.3, -0.25) is 0 Å². The molecule has 0 aliphatic heterocycles. The van der Waals surface area contributed by atoms with Crippen LogP contribution in [0.1, 0.15) is 67.2 Å². The molecule has 0 saturated carbocycles. The zero-order valence-electron chi connectivity index (χ0n) is 10.5. The van der Waals surface area contributed by atoms with Crippen molar-refractivity contribution in [3.05, 3.63) is 0 Å². The van der Waals surface area contributed by atoms with Gasteiger partial charge in [0.05, 0.1) is 0 Å². The van der Waals surface area contributed by atoms with Crippen molar-refractivity contribution in [1.29, 1.82) is 0 Å². The van der Waals surface area contributed by atoms with Crippen LogP contribution in [0.15, 0.2) is 0 Å². The van der Waals surface area contributed by atoms with Crippen molar-refractivity contribution in [3.8, 4) is 0 Å². The van der Waals surface area contributed by atoms with E-state index in [1.807, 2.05) is 0 Å². The molecule has 13 heavy (non-hydrogen) atoms. The quantitative estimate of drug-likeness (QED) is 0.551. The SMILES string of the molecule is CCCC(C)(CC(C)C)C(C)CC. The molecule has 0 saturated heterocycles. The Morgan fingerprint density at radius 3 is 1.92 bits per heavy atom. The Hall–Kier alpha value is 0. The third-order valence-electron chi connectivity index (χ3n) is 3.50. The van der Waals surface area contributed by atoms with Crippen LogP contribution in [0, 0.1) is 17.3 Å². The first kappa shape index (κ1) is 13.0. The zero-order chi connectivity index (χ0) is 10.5. The lowest BCUT2D eigenvalue weighted by atomic mass is 9.69. The predicted octanol–water partition coefficient (Wildman–Crippen LogP) is 4.89. The van der Waals surface area contributed by atoms with Crippen molar-refractivity contribution in [2.45, 2.75) is 67.2 Å². The van der Waals surface area contributed by atoms with Gasteiger partial charge >= 0.3 is 0 Å². The maximum absolute atomic E-state index is 2.48. The van der Waals surface area contributed by atoms with Gasteiger partial charge in [0.25, 0.3) is 0 Å². The molecule has 80 valence electrons. The number of hydrogen-bond acceptors (Lipinski definition) is 0. The summed E-state index contributed by atoms with van der Waals surface area (Å²) in [5, 5.41) is 0. The summed E-state index contributed by atoms with van der Waals surface area (Å²) >= 11 is 0. The maximum atomic E-state index is 2.48. The third-order valence-corrected chi connectivity index (χ3v) is 3.50. The summed E-state index contributed by atoms with van der Waals surface area (Å²) < 4.78 is 0. The minimum absolute atomic E-state index is 0.581. The minimum Gasteiger partial charge on any atom is -0.0654 e. The standard InChI is InChI=1S/C13H28/c1-7-9-13(6,10-11(3)4)12(5)8-2/h11-12H,7-10H2,1-6H3. The average molecular weight is 184 g/mol. The van der Waals surface area contributed by atoms with E-state index < -0.39 is 0 Å². The molecule has 0 nitrogen and oxygen atoms in total. The van der Waals surface area contributed by atoms with E-state index in [4.69, 9.17) is 0 Å². The Kier molecular flexibility index (Phi) is 5.67. The molecular formula is C13H28. The van der Waals surface area contributed by atoms with E-state index in [1.165, 1.54) is 25.7 Å². The van der Waals surface area contributed by atoms with Crippen LogP contribution >= 0.6 is 0 Å². The fourth-order valence-corrected chi connectivity index (χ4v) is 2.55. The molecule has 0 spiro atoms. The summed E-state index contributed by atoms with van der Waals surface area (Å²) in [6.07, 6.45) is 5.42. The van der Waals surface area contributed by atoms with Crippen LogP contribution in [-0.4, -0.2) is 0 Å². The maximum Gasteiger partial charge on any atom is -0.0298 e. The van der Waals surface area contributed by atoms with Gasteiger partial charge in [-0.25, -0.2) is 0 Å². The summed E-state index contributed by atoms with van der Waals surface area (Å²) in [7, 11) is 0. The molecule has 0 aromatic carbocycles. The summed E-state index contributed by atoms with van der Waals surface area (Å²) in [4.78, 5) is 0. The van der Waals surface area contributed by atoms with Gasteiger partial charge in [0.2, 0.25) is 0 Å². The van der Waals surface area contributed by atoms with Crippen LogP contribution < -0.4 is 0 Å². The molecule has 0 aromatic rings. The van der Waals surface area contributed by atoms with Crippen molar-refractivity contribution in [2.24, 2.45) is 17.3 Å². The molecule has 0 heterocycles. The van der Waals surface area contributed by atoms with Gasteiger partial charge in [-0.1, -0.05) is 54.4 Å². The lowest BCUT2D eigenvalue weighted by molar-refractivity contribution is 0.139. The van der Waals surface area contributed by atoms with Crippen LogP contribution in [0.5, 0.6) is 0 Å². The van der Waals surface area contributed by atoms with Crippen LogP contribution in [0.25, 0.3) is 0 Å². The molecule has 0 heteroatoms.